The molecule has 0 spiro atoms. The van der Waals surface area contributed by atoms with Gasteiger partial charge in [0.2, 0.25) is 12.7 Å². The largest absolute Gasteiger partial charge is 0.490 e. The van der Waals surface area contributed by atoms with E-state index in [1.165, 1.54) is 0 Å². The number of anilines is 1. The van der Waals surface area contributed by atoms with Crippen molar-refractivity contribution in [3.63, 3.8) is 0 Å². The van der Waals surface area contributed by atoms with Crippen molar-refractivity contribution in [3.8, 4) is 23.0 Å². The molecule has 1 aliphatic rings. The lowest BCUT2D eigenvalue weighted by molar-refractivity contribution is -0.116. The normalized spacial score (nSPS) is 11.9. The number of nitrogens with one attached hydrogen (secondary N) is 1. The number of rotatable bonds is 7. The van der Waals surface area contributed by atoms with E-state index in [9.17, 15) is 4.79 Å². The highest BCUT2D eigenvalue weighted by atomic mass is 16.7. The number of fused-ring (bicyclic) bond motifs is 1. The molecule has 0 aromatic heterocycles. The Kier molecular flexibility index (Phi) is 5.05. The summed E-state index contributed by atoms with van der Waals surface area (Å²) in [5, 5.41) is 2.81. The number of amides is 1. The van der Waals surface area contributed by atoms with E-state index in [-0.39, 0.29) is 25.7 Å². The van der Waals surface area contributed by atoms with Gasteiger partial charge in [0.15, 0.2) is 23.0 Å². The molecule has 24 heavy (non-hydrogen) atoms. The molecule has 0 saturated heterocycles. The zero-order valence-electron chi connectivity index (χ0n) is 13.4. The van der Waals surface area contributed by atoms with Gasteiger partial charge in [-0.1, -0.05) is 12.1 Å². The summed E-state index contributed by atoms with van der Waals surface area (Å²) in [5.41, 5.74) is 0.666. The first-order valence-electron chi connectivity index (χ1n) is 7.80. The second-order valence-electron chi connectivity index (χ2n) is 5.09. The summed E-state index contributed by atoms with van der Waals surface area (Å²) in [6, 6.07) is 12.7. The summed E-state index contributed by atoms with van der Waals surface area (Å²) in [5.74, 6) is 2.49. The van der Waals surface area contributed by atoms with Crippen molar-refractivity contribution in [2.45, 2.75) is 13.3 Å². The monoisotopic (exact) mass is 329 g/mol. The molecule has 1 N–H and O–H groups in total. The van der Waals surface area contributed by atoms with E-state index in [1.54, 1.807) is 18.2 Å². The third-order valence-electron chi connectivity index (χ3n) is 3.39. The highest BCUT2D eigenvalue weighted by Gasteiger charge is 2.14. The van der Waals surface area contributed by atoms with Gasteiger partial charge in [0.1, 0.15) is 0 Å². The maximum absolute atomic E-state index is 12.0. The van der Waals surface area contributed by atoms with Crippen LogP contribution < -0.4 is 24.3 Å². The molecule has 1 aliphatic heterocycles. The van der Waals surface area contributed by atoms with Crippen LogP contribution in [0.5, 0.6) is 23.0 Å². The van der Waals surface area contributed by atoms with Crippen molar-refractivity contribution in [2.75, 3.05) is 25.3 Å². The Balaban J connectivity index is 1.49. The first kappa shape index (κ1) is 16.0. The molecule has 0 bridgehead atoms. The lowest BCUT2D eigenvalue weighted by Crippen LogP contribution is -2.15. The van der Waals surface area contributed by atoms with Crippen LogP contribution in [0.4, 0.5) is 5.69 Å². The smallest absolute Gasteiger partial charge is 0.231 e. The Morgan fingerprint density at radius 3 is 2.62 bits per heavy atom. The van der Waals surface area contributed by atoms with Crippen LogP contribution in [0.25, 0.3) is 0 Å². The summed E-state index contributed by atoms with van der Waals surface area (Å²) >= 11 is 0. The highest BCUT2D eigenvalue weighted by Crippen LogP contribution is 2.34. The zero-order chi connectivity index (χ0) is 16.8. The summed E-state index contributed by atoms with van der Waals surface area (Å²) in [6.45, 7) is 2.95. The lowest BCUT2D eigenvalue weighted by Gasteiger charge is -2.11. The fraction of sp³-hybridized carbons (Fsp3) is 0.278. The molecular formula is C18H19NO5. The molecule has 3 rings (SSSR count). The third-order valence-corrected chi connectivity index (χ3v) is 3.39. The molecule has 0 unspecified atom stereocenters. The van der Waals surface area contributed by atoms with Crippen LogP contribution in [0.3, 0.4) is 0 Å². The topological polar surface area (TPSA) is 66.0 Å². The maximum Gasteiger partial charge on any atom is 0.231 e. The zero-order valence-corrected chi connectivity index (χ0v) is 13.4. The van der Waals surface area contributed by atoms with Gasteiger partial charge in [-0.2, -0.15) is 0 Å². The van der Waals surface area contributed by atoms with Gasteiger partial charge in [0.05, 0.1) is 19.6 Å². The molecule has 0 radical (unpaired) electrons. The van der Waals surface area contributed by atoms with Gasteiger partial charge in [-0.15, -0.1) is 0 Å². The van der Waals surface area contributed by atoms with E-state index in [2.05, 4.69) is 5.32 Å². The summed E-state index contributed by atoms with van der Waals surface area (Å²) in [7, 11) is 0. The standard InChI is InChI=1S/C18H19NO5/c1-2-21-14-5-3-4-6-15(14)22-10-9-18(20)19-13-7-8-16-17(11-13)24-12-23-16/h3-8,11H,2,9-10,12H2,1H3,(H,19,20). The Labute approximate surface area is 140 Å². The van der Waals surface area contributed by atoms with E-state index in [0.29, 0.717) is 35.3 Å². The van der Waals surface area contributed by atoms with Crippen LogP contribution in [-0.2, 0) is 4.79 Å². The number of ether oxygens (including phenoxy) is 4. The van der Waals surface area contributed by atoms with Crippen LogP contribution in [0, 0.1) is 0 Å². The van der Waals surface area contributed by atoms with Crippen LogP contribution >= 0.6 is 0 Å². The summed E-state index contributed by atoms with van der Waals surface area (Å²) < 4.78 is 21.6. The molecule has 0 saturated carbocycles. The SMILES string of the molecule is CCOc1ccccc1OCCC(=O)Nc1ccc2c(c1)OCO2. The van der Waals surface area contributed by atoms with Gasteiger partial charge in [-0.25, -0.2) is 0 Å². The second-order valence-corrected chi connectivity index (χ2v) is 5.09. The van der Waals surface area contributed by atoms with E-state index in [0.717, 1.165) is 0 Å². The quantitative estimate of drug-likeness (QED) is 0.845. The van der Waals surface area contributed by atoms with Crippen LogP contribution in [0.1, 0.15) is 13.3 Å². The Hall–Kier alpha value is -2.89. The molecule has 1 heterocycles. The molecule has 1 amide bonds. The first-order valence-corrected chi connectivity index (χ1v) is 7.80. The number of carbonyl (C=O) groups excluding carboxylic acids is 1. The van der Waals surface area contributed by atoms with E-state index in [4.69, 9.17) is 18.9 Å². The molecule has 0 aliphatic carbocycles. The minimum absolute atomic E-state index is 0.136. The summed E-state index contributed by atoms with van der Waals surface area (Å²) in [6.07, 6.45) is 0.231. The molecule has 2 aromatic carbocycles. The molecule has 6 nitrogen and oxygen atoms in total. The van der Waals surface area contributed by atoms with Gasteiger partial charge in [0.25, 0.3) is 0 Å². The Bertz CT molecular complexity index is 716. The average molecular weight is 329 g/mol. The molecule has 2 aromatic rings. The minimum atomic E-state index is -0.136. The molecule has 6 heteroatoms. The molecule has 126 valence electrons. The van der Waals surface area contributed by atoms with Gasteiger partial charge >= 0.3 is 0 Å². The van der Waals surface area contributed by atoms with Crippen molar-refractivity contribution in [2.24, 2.45) is 0 Å². The van der Waals surface area contributed by atoms with Gasteiger partial charge < -0.3 is 24.3 Å². The van der Waals surface area contributed by atoms with Crippen molar-refractivity contribution in [3.05, 3.63) is 42.5 Å². The minimum Gasteiger partial charge on any atom is -0.490 e. The van der Waals surface area contributed by atoms with Crippen molar-refractivity contribution < 1.29 is 23.7 Å². The second kappa shape index (κ2) is 7.59. The Morgan fingerprint density at radius 1 is 1.08 bits per heavy atom. The average Bonchev–Trinajstić information content (AvgIpc) is 3.04. The van der Waals surface area contributed by atoms with Crippen LogP contribution in [0.2, 0.25) is 0 Å². The van der Waals surface area contributed by atoms with E-state index < -0.39 is 0 Å². The first-order chi connectivity index (χ1) is 11.8. The maximum atomic E-state index is 12.0. The number of para-hydroxylation sites is 2. The van der Waals surface area contributed by atoms with Gasteiger partial charge in [-0.05, 0) is 31.2 Å². The fourth-order valence-electron chi connectivity index (χ4n) is 2.30. The third kappa shape index (κ3) is 3.90. The number of benzene rings is 2. The molecule has 0 fully saturated rings. The van der Waals surface area contributed by atoms with E-state index in [1.807, 2.05) is 31.2 Å². The van der Waals surface area contributed by atoms with Crippen molar-refractivity contribution in [1.82, 2.24) is 0 Å². The number of hydrogen-bond acceptors (Lipinski definition) is 5. The van der Waals surface area contributed by atoms with Crippen molar-refractivity contribution >= 4 is 11.6 Å². The Morgan fingerprint density at radius 2 is 1.83 bits per heavy atom. The predicted octanol–water partition coefficient (Wildman–Crippen LogP) is 3.22. The summed E-state index contributed by atoms with van der Waals surface area (Å²) in [4.78, 5) is 12.0. The molecular weight excluding hydrogens is 310 g/mol. The highest BCUT2D eigenvalue weighted by molar-refractivity contribution is 5.91. The number of carbonyl (C=O) groups is 1. The lowest BCUT2D eigenvalue weighted by atomic mass is 10.2. The predicted molar refractivity (Wildman–Crippen MR) is 88.9 cm³/mol. The van der Waals surface area contributed by atoms with Gasteiger partial charge in [0, 0.05) is 11.8 Å². The van der Waals surface area contributed by atoms with Gasteiger partial charge in [-0.3, -0.25) is 4.79 Å². The van der Waals surface area contributed by atoms with Crippen LogP contribution in [0.15, 0.2) is 42.5 Å². The van der Waals surface area contributed by atoms with Crippen molar-refractivity contribution in [1.29, 1.82) is 0 Å². The molecule has 0 atom stereocenters. The van der Waals surface area contributed by atoms with Crippen LogP contribution in [-0.4, -0.2) is 25.9 Å². The van der Waals surface area contributed by atoms with E-state index >= 15 is 0 Å². The number of hydrogen-bond donors (Lipinski definition) is 1. The fourth-order valence-corrected chi connectivity index (χ4v) is 2.30.